The lowest BCUT2D eigenvalue weighted by molar-refractivity contribution is 0.103. The number of primary sulfonamides is 2. The summed E-state index contributed by atoms with van der Waals surface area (Å²) in [5.74, 6) is 0.450. The topological polar surface area (TPSA) is 207 Å². The van der Waals surface area contributed by atoms with E-state index < -0.39 is 45.5 Å². The van der Waals surface area contributed by atoms with E-state index in [1.807, 2.05) is 0 Å². The average Bonchev–Trinajstić information content (AvgIpc) is 3.02. The Morgan fingerprint density at radius 3 is 1.28 bits per heavy atom. The number of sulfone groups is 1. The molecule has 0 aliphatic carbocycles. The lowest BCUT2D eigenvalue weighted by atomic mass is 10.0. The first-order valence-corrected chi connectivity index (χ1v) is 19.1. The van der Waals surface area contributed by atoms with Crippen molar-refractivity contribution in [3.8, 4) is 11.5 Å². The third-order valence-corrected chi connectivity index (χ3v) is 10.5. The maximum Gasteiger partial charge on any atom is 0.239 e. The quantitative estimate of drug-likeness (QED) is 0.181. The van der Waals surface area contributed by atoms with Crippen molar-refractivity contribution in [1.29, 1.82) is 0 Å². The SMILES string of the molecule is COc1ccc(C(=O)c2ccc(S(C)(=O)=O)c(S(N)(=O)=O)c2)cc1.COc1ccc(C(=O)c2ccc(SC)c(S(N)(=O)=O)c2)cc1. The van der Waals surface area contributed by atoms with Crippen LogP contribution in [0.1, 0.15) is 31.8 Å². The molecule has 4 aromatic rings. The first-order valence-electron chi connectivity index (χ1n) is 12.9. The molecule has 0 heterocycles. The highest BCUT2D eigenvalue weighted by molar-refractivity contribution is 7.99. The molecule has 0 atom stereocenters. The van der Waals surface area contributed by atoms with Crippen molar-refractivity contribution in [2.24, 2.45) is 10.3 Å². The molecule has 0 aliphatic rings. The Kier molecular flexibility index (Phi) is 11.5. The van der Waals surface area contributed by atoms with Gasteiger partial charge < -0.3 is 9.47 Å². The molecule has 0 amide bonds. The number of ether oxygens (including phenoxy) is 2. The van der Waals surface area contributed by atoms with E-state index in [1.165, 1.54) is 50.2 Å². The van der Waals surface area contributed by atoms with Gasteiger partial charge in [0.2, 0.25) is 20.0 Å². The number of carbonyl (C=O) groups excluding carboxylic acids is 2. The van der Waals surface area contributed by atoms with Crippen LogP contribution in [0.25, 0.3) is 0 Å². The summed E-state index contributed by atoms with van der Waals surface area (Å²) in [5.41, 5.74) is 1.02. The van der Waals surface area contributed by atoms with Gasteiger partial charge in [-0.25, -0.2) is 35.5 Å². The molecular formula is C30H30N2O10S4. The van der Waals surface area contributed by atoms with E-state index in [9.17, 15) is 34.8 Å². The summed E-state index contributed by atoms with van der Waals surface area (Å²) in [6.07, 6.45) is 2.61. The number of sulfonamides is 2. The van der Waals surface area contributed by atoms with Gasteiger partial charge in [-0.3, -0.25) is 9.59 Å². The van der Waals surface area contributed by atoms with Crippen LogP contribution in [-0.4, -0.2) is 63.6 Å². The van der Waals surface area contributed by atoms with Crippen molar-refractivity contribution < 1.29 is 44.3 Å². The van der Waals surface area contributed by atoms with Gasteiger partial charge in [0.15, 0.2) is 21.4 Å². The Balaban J connectivity index is 0.000000251. The maximum atomic E-state index is 12.5. The number of hydrogen-bond donors (Lipinski definition) is 2. The van der Waals surface area contributed by atoms with Gasteiger partial charge in [-0.15, -0.1) is 11.8 Å². The Hall–Kier alpha value is -4.06. The summed E-state index contributed by atoms with van der Waals surface area (Å²) < 4.78 is 80.1. The molecule has 4 rings (SSSR count). The van der Waals surface area contributed by atoms with Gasteiger partial charge in [-0.1, -0.05) is 0 Å². The zero-order chi connectivity index (χ0) is 34.4. The number of ketones is 2. The van der Waals surface area contributed by atoms with E-state index in [2.05, 4.69) is 0 Å². The van der Waals surface area contributed by atoms with E-state index in [0.717, 1.165) is 18.4 Å². The number of methoxy groups -OCH3 is 2. The van der Waals surface area contributed by atoms with Crippen LogP contribution in [-0.2, 0) is 29.9 Å². The van der Waals surface area contributed by atoms with Crippen LogP contribution in [0, 0.1) is 0 Å². The van der Waals surface area contributed by atoms with Crippen LogP contribution in [0.5, 0.6) is 11.5 Å². The molecular weight excluding hydrogens is 677 g/mol. The van der Waals surface area contributed by atoms with Crippen LogP contribution in [0.2, 0.25) is 0 Å². The average molecular weight is 707 g/mol. The normalized spacial score (nSPS) is 11.6. The van der Waals surface area contributed by atoms with Gasteiger partial charge in [0.25, 0.3) is 0 Å². The van der Waals surface area contributed by atoms with Gasteiger partial charge >= 0.3 is 0 Å². The third kappa shape index (κ3) is 9.02. The van der Waals surface area contributed by atoms with Crippen molar-refractivity contribution in [3.05, 3.63) is 107 Å². The second kappa shape index (κ2) is 14.6. The van der Waals surface area contributed by atoms with E-state index in [4.69, 9.17) is 19.8 Å². The summed E-state index contributed by atoms with van der Waals surface area (Å²) in [4.78, 5) is 24.3. The van der Waals surface area contributed by atoms with Gasteiger partial charge in [0.05, 0.1) is 24.0 Å². The van der Waals surface area contributed by atoms with Crippen LogP contribution in [0.4, 0.5) is 0 Å². The summed E-state index contributed by atoms with van der Waals surface area (Å²) in [5, 5.41) is 10.3. The lowest BCUT2D eigenvalue weighted by Gasteiger charge is -2.09. The number of nitrogens with two attached hydrogens (primary N) is 2. The van der Waals surface area contributed by atoms with Crippen LogP contribution in [0.3, 0.4) is 0 Å². The van der Waals surface area contributed by atoms with E-state index >= 15 is 0 Å². The molecule has 4 aromatic carbocycles. The number of thioether (sulfide) groups is 1. The molecule has 12 nitrogen and oxygen atoms in total. The highest BCUT2D eigenvalue weighted by atomic mass is 32.2. The summed E-state index contributed by atoms with van der Waals surface area (Å²) in [7, 11) is -9.00. The number of carbonyl (C=O) groups is 2. The smallest absolute Gasteiger partial charge is 0.239 e. The number of hydrogen-bond acceptors (Lipinski definition) is 11. The molecule has 0 fully saturated rings. The van der Waals surface area contributed by atoms with Crippen LogP contribution in [0.15, 0.2) is 105 Å². The van der Waals surface area contributed by atoms with Crippen molar-refractivity contribution in [2.45, 2.75) is 19.6 Å². The second-order valence-electron chi connectivity index (χ2n) is 9.50. The van der Waals surface area contributed by atoms with Crippen molar-refractivity contribution in [1.82, 2.24) is 0 Å². The maximum absolute atomic E-state index is 12.5. The molecule has 4 N–H and O–H groups in total. The number of rotatable bonds is 10. The highest BCUT2D eigenvalue weighted by Gasteiger charge is 2.23. The van der Waals surface area contributed by atoms with Gasteiger partial charge in [0.1, 0.15) is 16.4 Å². The van der Waals surface area contributed by atoms with E-state index in [-0.39, 0.29) is 21.8 Å². The highest BCUT2D eigenvalue weighted by Crippen LogP contribution is 2.27. The molecule has 0 radical (unpaired) electrons. The molecule has 0 bridgehead atoms. The first-order chi connectivity index (χ1) is 21.4. The summed E-state index contributed by atoms with van der Waals surface area (Å²) in [6.45, 7) is 0. The Morgan fingerprint density at radius 1 is 0.565 bits per heavy atom. The molecule has 0 aliphatic heterocycles. The molecule has 0 unspecified atom stereocenters. The van der Waals surface area contributed by atoms with Gasteiger partial charge in [-0.05, 0) is 91.2 Å². The fourth-order valence-corrected chi connectivity index (χ4v) is 7.92. The van der Waals surface area contributed by atoms with Crippen LogP contribution >= 0.6 is 11.8 Å². The second-order valence-corrected chi connectivity index (χ2v) is 15.4. The summed E-state index contributed by atoms with van der Waals surface area (Å²) >= 11 is 1.26. The standard InChI is InChI=1S/C15H15NO6S2.C15H15NO4S2/c1-22-12-6-3-10(4-7-12)15(17)11-5-8-13(23(2,18)19)14(9-11)24(16,20)21;1-20-12-6-3-10(4-7-12)15(17)11-5-8-13(21-2)14(9-11)22(16,18)19/h3-9H,1-2H3,(H2,16,20,21);3-9H,1-2H3,(H2,16,18,19). The minimum absolute atomic E-state index is 0.0107. The zero-order valence-electron chi connectivity index (χ0n) is 25.0. The molecule has 0 aromatic heterocycles. The predicted octanol–water partition coefficient (Wildman–Crippen LogP) is 3.27. The molecule has 0 saturated carbocycles. The van der Waals surface area contributed by atoms with Crippen molar-refractivity contribution in [2.75, 3.05) is 26.7 Å². The predicted molar refractivity (Wildman–Crippen MR) is 173 cm³/mol. The molecule has 46 heavy (non-hydrogen) atoms. The summed E-state index contributed by atoms with van der Waals surface area (Å²) in [6, 6.07) is 20.6. The number of benzene rings is 4. The Morgan fingerprint density at radius 2 is 0.935 bits per heavy atom. The molecule has 0 saturated heterocycles. The van der Waals surface area contributed by atoms with Crippen LogP contribution < -0.4 is 19.8 Å². The third-order valence-electron chi connectivity index (χ3n) is 6.35. The Bertz CT molecular complexity index is 2100. The minimum Gasteiger partial charge on any atom is -0.497 e. The fraction of sp³-hybridized carbons (Fsp3) is 0.133. The van der Waals surface area contributed by atoms with Gasteiger partial charge in [0, 0.05) is 33.4 Å². The molecule has 16 heteroatoms. The first kappa shape index (κ1) is 36.4. The largest absolute Gasteiger partial charge is 0.497 e. The van der Waals surface area contributed by atoms with Crippen molar-refractivity contribution in [3.63, 3.8) is 0 Å². The van der Waals surface area contributed by atoms with E-state index in [0.29, 0.717) is 27.5 Å². The zero-order valence-corrected chi connectivity index (χ0v) is 28.2. The molecule has 244 valence electrons. The van der Waals surface area contributed by atoms with E-state index in [1.54, 1.807) is 54.8 Å². The fourth-order valence-electron chi connectivity index (χ4n) is 4.04. The van der Waals surface area contributed by atoms with Gasteiger partial charge in [-0.2, -0.15) is 0 Å². The minimum atomic E-state index is -4.32. The molecule has 0 spiro atoms. The van der Waals surface area contributed by atoms with Crippen molar-refractivity contribution >= 4 is 53.2 Å². The monoisotopic (exact) mass is 706 g/mol. The Labute approximate surface area is 271 Å². The lowest BCUT2D eigenvalue weighted by Crippen LogP contribution is -2.17.